The van der Waals surface area contributed by atoms with Gasteiger partial charge < -0.3 is 9.84 Å². The van der Waals surface area contributed by atoms with Crippen LogP contribution < -0.4 is 0 Å². The summed E-state index contributed by atoms with van der Waals surface area (Å²) in [6.45, 7) is 18.3. The zero-order valence-corrected chi connectivity index (χ0v) is 12.4. The van der Waals surface area contributed by atoms with Crippen molar-refractivity contribution in [1.82, 2.24) is 0 Å². The van der Waals surface area contributed by atoms with Crippen LogP contribution in [0.2, 0.25) is 0 Å². The van der Waals surface area contributed by atoms with E-state index in [1.165, 1.54) is 0 Å². The Balaban J connectivity index is 5.77. The predicted octanol–water partition coefficient (Wildman–Crippen LogP) is 3.92. The number of hydrogen-bond donors (Lipinski definition) is 1. The average Bonchev–Trinajstić information content (AvgIpc) is 2.12. The number of allylic oxidation sites excluding steroid dienone is 2. The Morgan fingerprint density at radius 3 is 1.76 bits per heavy atom. The van der Waals surface area contributed by atoms with Gasteiger partial charge in [0.15, 0.2) is 0 Å². The number of rotatable bonds is 4. The van der Waals surface area contributed by atoms with E-state index in [1.807, 2.05) is 48.5 Å². The Bertz CT molecular complexity index is 273. The molecule has 100 valence electrons. The molecule has 0 saturated carbocycles. The van der Waals surface area contributed by atoms with Crippen molar-refractivity contribution in [3.63, 3.8) is 0 Å². The molecular weight excluding hydrogens is 212 g/mol. The summed E-state index contributed by atoms with van der Waals surface area (Å²) in [7, 11) is 0. The Kier molecular flexibility index (Phi) is 5.02. The van der Waals surface area contributed by atoms with E-state index in [0.29, 0.717) is 12.4 Å². The van der Waals surface area contributed by atoms with Crippen LogP contribution in [0.25, 0.3) is 0 Å². The standard InChI is InChI=1S/C15H28O2/c1-9-11-12(17-10-2)15(16,13(3,4)5)14(6,7)8/h9,11,16H,1,10H2,2-8H3/b12-11+. The Labute approximate surface area is 106 Å². The van der Waals surface area contributed by atoms with Crippen molar-refractivity contribution in [1.29, 1.82) is 0 Å². The molecule has 0 aromatic rings. The monoisotopic (exact) mass is 240 g/mol. The van der Waals surface area contributed by atoms with E-state index in [4.69, 9.17) is 4.74 Å². The normalized spacial score (nSPS) is 14.7. The molecule has 0 aliphatic rings. The van der Waals surface area contributed by atoms with Crippen molar-refractivity contribution in [3.05, 3.63) is 24.5 Å². The molecule has 0 radical (unpaired) electrons. The minimum absolute atomic E-state index is 0.324. The summed E-state index contributed by atoms with van der Waals surface area (Å²) in [4.78, 5) is 0. The maximum Gasteiger partial charge on any atom is 0.131 e. The van der Waals surface area contributed by atoms with E-state index in [9.17, 15) is 5.11 Å². The molecule has 2 heteroatoms. The van der Waals surface area contributed by atoms with Crippen molar-refractivity contribution >= 4 is 0 Å². The van der Waals surface area contributed by atoms with Gasteiger partial charge in [0.1, 0.15) is 11.4 Å². The molecule has 0 aliphatic carbocycles. The first-order valence-electron chi connectivity index (χ1n) is 6.20. The second kappa shape index (κ2) is 5.26. The summed E-state index contributed by atoms with van der Waals surface area (Å²) < 4.78 is 5.64. The second-order valence-corrected chi connectivity index (χ2v) is 6.41. The van der Waals surface area contributed by atoms with Gasteiger partial charge in [0, 0.05) is 0 Å². The highest BCUT2D eigenvalue weighted by atomic mass is 16.5. The number of hydrogen-bond acceptors (Lipinski definition) is 2. The van der Waals surface area contributed by atoms with E-state index < -0.39 is 5.60 Å². The van der Waals surface area contributed by atoms with E-state index >= 15 is 0 Å². The largest absolute Gasteiger partial charge is 0.495 e. The molecule has 0 rings (SSSR count). The minimum Gasteiger partial charge on any atom is -0.495 e. The molecule has 0 aliphatic heterocycles. The molecule has 0 aromatic carbocycles. The SMILES string of the molecule is C=C/C=C(/OCC)C(O)(C(C)(C)C)C(C)(C)C. The maximum absolute atomic E-state index is 11.2. The topological polar surface area (TPSA) is 29.5 Å². The quantitative estimate of drug-likeness (QED) is 0.596. The molecular formula is C15H28O2. The van der Waals surface area contributed by atoms with Crippen molar-refractivity contribution < 1.29 is 9.84 Å². The van der Waals surface area contributed by atoms with Crippen molar-refractivity contribution in [2.24, 2.45) is 10.8 Å². The lowest BCUT2D eigenvalue weighted by molar-refractivity contribution is -0.137. The van der Waals surface area contributed by atoms with E-state index in [1.54, 1.807) is 12.2 Å². The van der Waals surface area contributed by atoms with Gasteiger partial charge in [-0.05, 0) is 23.8 Å². The second-order valence-electron chi connectivity index (χ2n) is 6.41. The zero-order valence-electron chi connectivity index (χ0n) is 12.4. The van der Waals surface area contributed by atoms with Crippen LogP contribution >= 0.6 is 0 Å². The molecule has 0 fully saturated rings. The zero-order chi connectivity index (χ0) is 13.9. The average molecular weight is 240 g/mol. The molecule has 0 bridgehead atoms. The lowest BCUT2D eigenvalue weighted by Crippen LogP contribution is -2.55. The van der Waals surface area contributed by atoms with Gasteiger partial charge >= 0.3 is 0 Å². The highest BCUT2D eigenvalue weighted by Gasteiger charge is 2.53. The van der Waals surface area contributed by atoms with Crippen LogP contribution in [0, 0.1) is 10.8 Å². The lowest BCUT2D eigenvalue weighted by Gasteiger charge is -2.50. The maximum atomic E-state index is 11.2. The summed E-state index contributed by atoms with van der Waals surface area (Å²) in [5, 5.41) is 11.2. The Morgan fingerprint density at radius 2 is 1.53 bits per heavy atom. The van der Waals surface area contributed by atoms with Gasteiger partial charge in [-0.25, -0.2) is 0 Å². The third-order valence-corrected chi connectivity index (χ3v) is 3.10. The lowest BCUT2D eigenvalue weighted by atomic mass is 9.61. The highest BCUT2D eigenvalue weighted by Crippen LogP contribution is 2.48. The van der Waals surface area contributed by atoms with Crippen LogP contribution in [0.4, 0.5) is 0 Å². The molecule has 0 aromatic heterocycles. The molecule has 17 heavy (non-hydrogen) atoms. The van der Waals surface area contributed by atoms with Crippen molar-refractivity contribution in [3.8, 4) is 0 Å². The minimum atomic E-state index is -1.04. The fourth-order valence-corrected chi connectivity index (χ4v) is 2.40. The van der Waals surface area contributed by atoms with Crippen LogP contribution in [0.3, 0.4) is 0 Å². The number of aliphatic hydroxyl groups is 1. The molecule has 0 atom stereocenters. The molecule has 0 saturated heterocycles. The summed E-state index contributed by atoms with van der Waals surface area (Å²) >= 11 is 0. The fraction of sp³-hybridized carbons (Fsp3) is 0.733. The first-order valence-corrected chi connectivity index (χ1v) is 6.20. The Morgan fingerprint density at radius 1 is 1.12 bits per heavy atom. The van der Waals surface area contributed by atoms with Gasteiger partial charge in [-0.2, -0.15) is 0 Å². The third kappa shape index (κ3) is 3.12. The van der Waals surface area contributed by atoms with Crippen LogP contribution in [0.15, 0.2) is 24.5 Å². The van der Waals surface area contributed by atoms with E-state index in [0.717, 1.165) is 0 Å². The highest BCUT2D eigenvalue weighted by molar-refractivity contribution is 5.23. The predicted molar refractivity (Wildman–Crippen MR) is 73.8 cm³/mol. The molecule has 0 heterocycles. The van der Waals surface area contributed by atoms with Crippen LogP contribution in [-0.2, 0) is 4.74 Å². The fourth-order valence-electron chi connectivity index (χ4n) is 2.40. The van der Waals surface area contributed by atoms with Crippen LogP contribution in [0.5, 0.6) is 0 Å². The van der Waals surface area contributed by atoms with Gasteiger partial charge in [-0.3, -0.25) is 0 Å². The molecule has 0 spiro atoms. The van der Waals surface area contributed by atoms with Crippen LogP contribution in [-0.4, -0.2) is 17.3 Å². The first kappa shape index (κ1) is 16.2. The van der Waals surface area contributed by atoms with Gasteiger partial charge in [-0.15, -0.1) is 0 Å². The van der Waals surface area contributed by atoms with Gasteiger partial charge in [0.2, 0.25) is 0 Å². The Hall–Kier alpha value is -0.760. The van der Waals surface area contributed by atoms with Gasteiger partial charge in [0.25, 0.3) is 0 Å². The smallest absolute Gasteiger partial charge is 0.131 e. The molecule has 0 amide bonds. The summed E-state index contributed by atoms with van der Waals surface area (Å²) in [5.41, 5.74) is -1.69. The third-order valence-electron chi connectivity index (χ3n) is 3.10. The summed E-state index contributed by atoms with van der Waals surface area (Å²) in [5.74, 6) is 0.593. The van der Waals surface area contributed by atoms with Gasteiger partial charge in [-0.1, -0.05) is 54.2 Å². The number of ether oxygens (including phenoxy) is 1. The van der Waals surface area contributed by atoms with Crippen LogP contribution in [0.1, 0.15) is 48.5 Å². The summed E-state index contributed by atoms with van der Waals surface area (Å²) in [6.07, 6.45) is 3.42. The summed E-state index contributed by atoms with van der Waals surface area (Å²) in [6, 6.07) is 0. The van der Waals surface area contributed by atoms with Crippen molar-refractivity contribution in [2.45, 2.75) is 54.1 Å². The van der Waals surface area contributed by atoms with E-state index in [-0.39, 0.29) is 10.8 Å². The van der Waals surface area contributed by atoms with E-state index in [2.05, 4.69) is 6.58 Å². The van der Waals surface area contributed by atoms with Gasteiger partial charge in [0.05, 0.1) is 6.61 Å². The van der Waals surface area contributed by atoms with Crippen molar-refractivity contribution in [2.75, 3.05) is 6.61 Å². The molecule has 2 nitrogen and oxygen atoms in total. The first-order chi connectivity index (χ1) is 7.52. The molecule has 0 unspecified atom stereocenters. The molecule has 1 N–H and O–H groups in total.